The van der Waals surface area contributed by atoms with Crippen LogP contribution in [-0.4, -0.2) is 42.9 Å². The molecule has 0 unspecified atom stereocenters. The zero-order valence-corrected chi connectivity index (χ0v) is 13.4. The van der Waals surface area contributed by atoms with Crippen LogP contribution >= 0.6 is 0 Å². The van der Waals surface area contributed by atoms with Gasteiger partial charge in [0.2, 0.25) is 5.91 Å². The molecule has 2 amide bonds. The summed E-state index contributed by atoms with van der Waals surface area (Å²) in [6.07, 6.45) is 2.67. The van der Waals surface area contributed by atoms with Crippen molar-refractivity contribution < 1.29 is 9.59 Å². The number of fused-ring (bicyclic) bond motifs is 1. The minimum atomic E-state index is -0.0912. The monoisotopic (exact) mass is 303 g/mol. The minimum absolute atomic E-state index is 0.0665. The second-order valence-corrected chi connectivity index (χ2v) is 5.63. The number of benzene rings is 1. The predicted octanol–water partition coefficient (Wildman–Crippen LogP) is 2.03. The molecule has 0 spiro atoms. The van der Waals surface area contributed by atoms with Gasteiger partial charge in [-0.05, 0) is 43.0 Å². The Labute approximate surface area is 132 Å². The van der Waals surface area contributed by atoms with Gasteiger partial charge in [-0.3, -0.25) is 9.59 Å². The molecule has 0 fully saturated rings. The Morgan fingerprint density at radius 3 is 2.82 bits per heavy atom. The van der Waals surface area contributed by atoms with E-state index in [2.05, 4.69) is 10.6 Å². The summed E-state index contributed by atoms with van der Waals surface area (Å²) in [4.78, 5) is 26.2. The summed E-state index contributed by atoms with van der Waals surface area (Å²) >= 11 is 0. The summed E-state index contributed by atoms with van der Waals surface area (Å²) in [5.74, 6) is -0.158. The van der Waals surface area contributed by atoms with Crippen LogP contribution in [0, 0.1) is 0 Å². The molecule has 1 aliphatic rings. The molecular weight excluding hydrogens is 278 g/mol. The van der Waals surface area contributed by atoms with Crippen molar-refractivity contribution in [3.8, 4) is 0 Å². The van der Waals surface area contributed by atoms with Crippen LogP contribution < -0.4 is 10.6 Å². The number of anilines is 1. The van der Waals surface area contributed by atoms with Gasteiger partial charge in [0.1, 0.15) is 0 Å². The van der Waals surface area contributed by atoms with E-state index in [1.807, 2.05) is 32.0 Å². The first-order chi connectivity index (χ1) is 10.7. The Balaban J connectivity index is 2.07. The molecule has 0 aliphatic carbocycles. The van der Waals surface area contributed by atoms with Gasteiger partial charge in [0.15, 0.2) is 0 Å². The van der Waals surface area contributed by atoms with E-state index in [4.69, 9.17) is 0 Å². The van der Waals surface area contributed by atoms with Crippen LogP contribution in [0.15, 0.2) is 18.2 Å². The van der Waals surface area contributed by atoms with E-state index in [1.54, 1.807) is 4.90 Å². The molecule has 0 bridgehead atoms. The lowest BCUT2D eigenvalue weighted by atomic mass is 10.1. The summed E-state index contributed by atoms with van der Waals surface area (Å²) in [7, 11) is 0. The van der Waals surface area contributed by atoms with Crippen LogP contribution in [0.25, 0.3) is 0 Å². The highest BCUT2D eigenvalue weighted by Gasteiger charge is 2.20. The van der Waals surface area contributed by atoms with Crippen molar-refractivity contribution >= 4 is 17.5 Å². The van der Waals surface area contributed by atoms with Crippen LogP contribution in [0.2, 0.25) is 0 Å². The molecule has 0 saturated heterocycles. The normalized spacial score (nSPS) is 12.5. The average Bonchev–Trinajstić information content (AvgIpc) is 2.99. The maximum Gasteiger partial charge on any atom is 0.254 e. The summed E-state index contributed by atoms with van der Waals surface area (Å²) in [5, 5.41) is 6.11. The van der Waals surface area contributed by atoms with E-state index >= 15 is 0 Å². The summed E-state index contributed by atoms with van der Waals surface area (Å²) < 4.78 is 0. The van der Waals surface area contributed by atoms with Gasteiger partial charge in [0, 0.05) is 30.9 Å². The fourth-order valence-electron chi connectivity index (χ4n) is 2.64. The van der Waals surface area contributed by atoms with Gasteiger partial charge >= 0.3 is 0 Å². The average molecular weight is 303 g/mol. The van der Waals surface area contributed by atoms with Gasteiger partial charge in [-0.1, -0.05) is 13.8 Å². The lowest BCUT2D eigenvalue weighted by molar-refractivity contribution is -0.121. The Kier molecular flexibility index (Phi) is 5.81. The number of nitrogens with zero attached hydrogens (tertiary/aromatic N) is 1. The molecular formula is C17H25N3O2. The van der Waals surface area contributed by atoms with Gasteiger partial charge in [0.05, 0.1) is 6.54 Å². The quantitative estimate of drug-likeness (QED) is 0.810. The number of carbonyl (C=O) groups is 2. The molecule has 1 aromatic rings. The van der Waals surface area contributed by atoms with E-state index in [0.29, 0.717) is 18.7 Å². The number of hydrogen-bond donors (Lipinski definition) is 2. The summed E-state index contributed by atoms with van der Waals surface area (Å²) in [6.45, 7) is 6.31. The maximum absolute atomic E-state index is 12.7. The summed E-state index contributed by atoms with van der Waals surface area (Å²) in [6, 6.07) is 5.74. The predicted molar refractivity (Wildman–Crippen MR) is 88.1 cm³/mol. The van der Waals surface area contributed by atoms with Crippen LogP contribution in [0.5, 0.6) is 0 Å². The van der Waals surface area contributed by atoms with E-state index in [1.165, 1.54) is 5.56 Å². The second-order valence-electron chi connectivity index (χ2n) is 5.63. The molecule has 5 heteroatoms. The molecule has 0 atom stereocenters. The topological polar surface area (TPSA) is 61.4 Å². The number of hydrogen-bond acceptors (Lipinski definition) is 3. The fourth-order valence-corrected chi connectivity index (χ4v) is 2.64. The van der Waals surface area contributed by atoms with E-state index < -0.39 is 0 Å². The molecule has 1 aliphatic heterocycles. The van der Waals surface area contributed by atoms with E-state index in [9.17, 15) is 9.59 Å². The SMILES string of the molecule is CCCNC(=O)CN(CCC)C(=O)c1ccc2c(c1)CCN2. The van der Waals surface area contributed by atoms with E-state index in [0.717, 1.165) is 31.5 Å². The standard InChI is InChI=1S/C17H25N3O2/c1-3-8-19-16(21)12-20(10-4-2)17(22)14-5-6-15-13(11-14)7-9-18-15/h5-6,11,18H,3-4,7-10,12H2,1-2H3,(H,19,21). The van der Waals surface area contributed by atoms with Crippen LogP contribution in [-0.2, 0) is 11.2 Å². The first-order valence-electron chi connectivity index (χ1n) is 8.08. The largest absolute Gasteiger partial charge is 0.384 e. The lowest BCUT2D eigenvalue weighted by Crippen LogP contribution is -2.41. The van der Waals surface area contributed by atoms with Crippen molar-refractivity contribution in [2.24, 2.45) is 0 Å². The Hall–Kier alpha value is -2.04. The molecule has 22 heavy (non-hydrogen) atoms. The third-order valence-electron chi connectivity index (χ3n) is 3.75. The lowest BCUT2D eigenvalue weighted by Gasteiger charge is -2.22. The smallest absolute Gasteiger partial charge is 0.254 e. The minimum Gasteiger partial charge on any atom is -0.384 e. The van der Waals surface area contributed by atoms with Crippen molar-refractivity contribution in [3.05, 3.63) is 29.3 Å². The number of carbonyl (C=O) groups excluding carboxylic acids is 2. The van der Waals surface area contributed by atoms with Crippen molar-refractivity contribution in [3.63, 3.8) is 0 Å². The number of amides is 2. The third kappa shape index (κ3) is 4.00. The molecule has 0 aromatic heterocycles. The maximum atomic E-state index is 12.7. The third-order valence-corrected chi connectivity index (χ3v) is 3.75. The van der Waals surface area contributed by atoms with Crippen LogP contribution in [0.3, 0.4) is 0 Å². The molecule has 120 valence electrons. The highest BCUT2D eigenvalue weighted by atomic mass is 16.2. The molecule has 0 radical (unpaired) electrons. The molecule has 1 aromatic carbocycles. The number of nitrogens with one attached hydrogen (secondary N) is 2. The van der Waals surface area contributed by atoms with Crippen molar-refractivity contribution in [2.75, 3.05) is 31.5 Å². The van der Waals surface area contributed by atoms with Gasteiger partial charge in [0.25, 0.3) is 5.91 Å². The van der Waals surface area contributed by atoms with Crippen molar-refractivity contribution in [2.45, 2.75) is 33.1 Å². The van der Waals surface area contributed by atoms with Gasteiger partial charge < -0.3 is 15.5 Å². The van der Waals surface area contributed by atoms with Crippen LogP contribution in [0.4, 0.5) is 5.69 Å². The Morgan fingerprint density at radius 2 is 2.09 bits per heavy atom. The highest BCUT2D eigenvalue weighted by molar-refractivity contribution is 5.97. The molecule has 0 saturated carbocycles. The zero-order valence-electron chi connectivity index (χ0n) is 13.4. The zero-order chi connectivity index (χ0) is 15.9. The van der Waals surface area contributed by atoms with Crippen LogP contribution in [0.1, 0.15) is 42.6 Å². The molecule has 2 N–H and O–H groups in total. The van der Waals surface area contributed by atoms with E-state index in [-0.39, 0.29) is 18.4 Å². The molecule has 1 heterocycles. The van der Waals surface area contributed by atoms with Gasteiger partial charge in [-0.15, -0.1) is 0 Å². The first-order valence-corrected chi connectivity index (χ1v) is 8.08. The number of rotatable bonds is 7. The second kappa shape index (κ2) is 7.82. The Morgan fingerprint density at radius 1 is 1.27 bits per heavy atom. The summed E-state index contributed by atoms with van der Waals surface area (Å²) in [5.41, 5.74) is 2.95. The fraction of sp³-hybridized carbons (Fsp3) is 0.529. The first kappa shape index (κ1) is 16.3. The van der Waals surface area contributed by atoms with Gasteiger partial charge in [-0.25, -0.2) is 0 Å². The molecule has 5 nitrogen and oxygen atoms in total. The Bertz CT molecular complexity index is 543. The van der Waals surface area contributed by atoms with Gasteiger partial charge in [-0.2, -0.15) is 0 Å². The highest BCUT2D eigenvalue weighted by Crippen LogP contribution is 2.23. The van der Waals surface area contributed by atoms with Crippen molar-refractivity contribution in [1.82, 2.24) is 10.2 Å². The molecule has 2 rings (SSSR count). The van der Waals surface area contributed by atoms with Crippen molar-refractivity contribution in [1.29, 1.82) is 0 Å².